The fourth-order valence-electron chi connectivity index (χ4n) is 3.44. The minimum atomic E-state index is -3.48. The lowest BCUT2D eigenvalue weighted by atomic mass is 10.1. The van der Waals surface area contributed by atoms with E-state index in [1.165, 1.54) is 10.6 Å². The van der Waals surface area contributed by atoms with Crippen LogP contribution in [0.15, 0.2) is 66.7 Å². The third kappa shape index (κ3) is 5.90. The van der Waals surface area contributed by atoms with Gasteiger partial charge in [0.25, 0.3) is 5.91 Å². The van der Waals surface area contributed by atoms with Crippen LogP contribution in [0, 0.1) is 13.8 Å². The SMILES string of the molecule is Cc1ccc(C)c(N(Cc2ccc(C(=O)N(C)Cc3ccc(Cl)cc3)cc2)S(C)(=O)=O)c1. The molecule has 0 aliphatic rings. The van der Waals surface area contributed by atoms with Crippen molar-refractivity contribution in [2.24, 2.45) is 0 Å². The van der Waals surface area contributed by atoms with Gasteiger partial charge in [0.1, 0.15) is 0 Å². The molecule has 32 heavy (non-hydrogen) atoms. The average Bonchev–Trinajstić information content (AvgIpc) is 2.74. The van der Waals surface area contributed by atoms with Crippen LogP contribution in [0.4, 0.5) is 5.69 Å². The van der Waals surface area contributed by atoms with E-state index in [1.54, 1.807) is 48.3 Å². The van der Waals surface area contributed by atoms with E-state index in [-0.39, 0.29) is 12.5 Å². The van der Waals surface area contributed by atoms with Gasteiger partial charge in [-0.2, -0.15) is 0 Å². The van der Waals surface area contributed by atoms with E-state index in [0.717, 1.165) is 22.3 Å². The first kappa shape index (κ1) is 23.8. The van der Waals surface area contributed by atoms with E-state index >= 15 is 0 Å². The van der Waals surface area contributed by atoms with Gasteiger partial charge in [0.05, 0.1) is 18.5 Å². The van der Waals surface area contributed by atoms with E-state index in [9.17, 15) is 13.2 Å². The predicted octanol–water partition coefficient (Wildman–Crippen LogP) is 5.20. The minimum Gasteiger partial charge on any atom is -0.337 e. The Kier molecular flexibility index (Phi) is 7.26. The standard InChI is InChI=1S/C25H27ClN2O3S/c1-18-5-6-19(2)24(15-18)28(32(4,30)31)17-21-7-11-22(12-8-21)25(29)27(3)16-20-9-13-23(26)14-10-20/h5-15H,16-17H2,1-4H3. The largest absolute Gasteiger partial charge is 0.337 e. The molecule has 0 bridgehead atoms. The number of anilines is 1. The molecule has 0 fully saturated rings. The van der Waals surface area contributed by atoms with Crippen LogP contribution in [0.2, 0.25) is 5.02 Å². The third-order valence-corrected chi connectivity index (χ3v) is 6.62. The van der Waals surface area contributed by atoms with Gasteiger partial charge < -0.3 is 4.90 Å². The number of benzene rings is 3. The topological polar surface area (TPSA) is 57.7 Å². The minimum absolute atomic E-state index is 0.110. The van der Waals surface area contributed by atoms with Crippen LogP contribution in [0.25, 0.3) is 0 Å². The van der Waals surface area contributed by atoms with Crippen molar-refractivity contribution in [3.63, 3.8) is 0 Å². The molecule has 0 radical (unpaired) electrons. The fraction of sp³-hybridized carbons (Fsp3) is 0.240. The average molecular weight is 471 g/mol. The van der Waals surface area contributed by atoms with E-state index in [1.807, 2.05) is 44.2 Å². The zero-order valence-corrected chi connectivity index (χ0v) is 20.2. The van der Waals surface area contributed by atoms with Gasteiger partial charge >= 0.3 is 0 Å². The highest BCUT2D eigenvalue weighted by Gasteiger charge is 2.20. The van der Waals surface area contributed by atoms with E-state index in [2.05, 4.69) is 0 Å². The maximum Gasteiger partial charge on any atom is 0.253 e. The Bertz CT molecular complexity index is 1210. The molecule has 0 N–H and O–H groups in total. The van der Waals surface area contributed by atoms with Gasteiger partial charge in [-0.3, -0.25) is 9.10 Å². The van der Waals surface area contributed by atoms with Gasteiger partial charge in [0.15, 0.2) is 0 Å². The number of halogens is 1. The molecule has 168 valence electrons. The monoisotopic (exact) mass is 470 g/mol. The second kappa shape index (κ2) is 9.76. The van der Waals surface area contributed by atoms with Gasteiger partial charge in [-0.05, 0) is 66.4 Å². The number of hydrogen-bond acceptors (Lipinski definition) is 3. The Labute approximate surface area is 195 Å². The molecule has 0 aromatic heterocycles. The van der Waals surface area contributed by atoms with E-state index in [0.29, 0.717) is 22.8 Å². The normalized spacial score (nSPS) is 11.3. The van der Waals surface area contributed by atoms with Crippen LogP contribution in [0.1, 0.15) is 32.6 Å². The summed E-state index contributed by atoms with van der Waals surface area (Å²) in [6, 6.07) is 20.2. The quantitative estimate of drug-likeness (QED) is 0.477. The Morgan fingerprint density at radius 1 is 0.875 bits per heavy atom. The van der Waals surface area contributed by atoms with Crippen LogP contribution < -0.4 is 4.31 Å². The fourth-order valence-corrected chi connectivity index (χ4v) is 4.51. The predicted molar refractivity (Wildman–Crippen MR) is 131 cm³/mol. The van der Waals surface area contributed by atoms with Crippen molar-refractivity contribution >= 4 is 33.2 Å². The lowest BCUT2D eigenvalue weighted by Gasteiger charge is -2.25. The summed E-state index contributed by atoms with van der Waals surface area (Å²) in [4.78, 5) is 14.4. The number of carbonyl (C=O) groups excluding carboxylic acids is 1. The van der Waals surface area contributed by atoms with Crippen LogP contribution >= 0.6 is 11.6 Å². The van der Waals surface area contributed by atoms with Crippen LogP contribution in [-0.4, -0.2) is 32.5 Å². The van der Waals surface area contributed by atoms with Crippen LogP contribution in [0.5, 0.6) is 0 Å². The summed E-state index contributed by atoms with van der Waals surface area (Å²) in [5.74, 6) is -0.110. The van der Waals surface area contributed by atoms with Crippen molar-refractivity contribution in [1.82, 2.24) is 4.90 Å². The molecule has 0 saturated carbocycles. The summed E-state index contributed by atoms with van der Waals surface area (Å²) >= 11 is 5.92. The number of carbonyl (C=O) groups is 1. The van der Waals surface area contributed by atoms with E-state index < -0.39 is 10.0 Å². The lowest BCUT2D eigenvalue weighted by Crippen LogP contribution is -2.30. The van der Waals surface area contributed by atoms with Crippen molar-refractivity contribution in [2.45, 2.75) is 26.9 Å². The first-order valence-electron chi connectivity index (χ1n) is 10.2. The second-order valence-corrected chi connectivity index (χ2v) is 10.4. The zero-order valence-electron chi connectivity index (χ0n) is 18.7. The second-order valence-electron chi connectivity index (χ2n) is 8.04. The van der Waals surface area contributed by atoms with Crippen molar-refractivity contribution in [3.05, 3.63) is 99.6 Å². The van der Waals surface area contributed by atoms with Gasteiger partial charge in [-0.1, -0.05) is 48.0 Å². The summed E-state index contributed by atoms with van der Waals surface area (Å²) in [5.41, 5.74) is 4.87. The molecule has 0 saturated heterocycles. The third-order valence-electron chi connectivity index (χ3n) is 5.24. The van der Waals surface area contributed by atoms with E-state index in [4.69, 9.17) is 11.6 Å². The number of amides is 1. The Hall–Kier alpha value is -2.83. The molecular formula is C25H27ClN2O3S. The summed E-state index contributed by atoms with van der Waals surface area (Å²) < 4.78 is 26.4. The molecule has 3 aromatic rings. The molecular weight excluding hydrogens is 444 g/mol. The maximum absolute atomic E-state index is 12.8. The van der Waals surface area contributed by atoms with Gasteiger partial charge in [0, 0.05) is 24.2 Å². The molecule has 1 amide bonds. The van der Waals surface area contributed by atoms with Gasteiger partial charge in [-0.15, -0.1) is 0 Å². The molecule has 0 spiro atoms. The molecule has 0 heterocycles. The highest BCUT2D eigenvalue weighted by Crippen LogP contribution is 2.26. The molecule has 3 rings (SSSR count). The van der Waals surface area contributed by atoms with Crippen LogP contribution in [0.3, 0.4) is 0 Å². The summed E-state index contributed by atoms with van der Waals surface area (Å²) in [6.07, 6.45) is 1.21. The molecule has 0 unspecified atom stereocenters. The number of rotatable bonds is 7. The van der Waals surface area contributed by atoms with Gasteiger partial charge in [-0.25, -0.2) is 8.42 Å². The molecule has 0 aliphatic carbocycles. The first-order valence-corrected chi connectivity index (χ1v) is 12.4. The maximum atomic E-state index is 12.8. The molecule has 0 atom stereocenters. The number of nitrogens with zero attached hydrogens (tertiary/aromatic N) is 2. The molecule has 3 aromatic carbocycles. The van der Waals surface area contributed by atoms with Crippen molar-refractivity contribution in [1.29, 1.82) is 0 Å². The van der Waals surface area contributed by atoms with Gasteiger partial charge in [0.2, 0.25) is 10.0 Å². The van der Waals surface area contributed by atoms with Crippen LogP contribution in [-0.2, 0) is 23.1 Å². The number of aryl methyl sites for hydroxylation is 2. The Morgan fingerprint density at radius 2 is 1.44 bits per heavy atom. The molecule has 7 heteroatoms. The molecule has 5 nitrogen and oxygen atoms in total. The summed E-state index contributed by atoms with van der Waals surface area (Å²) in [7, 11) is -1.74. The Morgan fingerprint density at radius 3 is 2.03 bits per heavy atom. The Balaban J connectivity index is 1.76. The first-order chi connectivity index (χ1) is 15.0. The number of sulfonamides is 1. The highest BCUT2D eigenvalue weighted by molar-refractivity contribution is 7.92. The number of hydrogen-bond donors (Lipinski definition) is 0. The summed E-state index contributed by atoms with van der Waals surface area (Å²) in [5, 5.41) is 0.655. The van der Waals surface area contributed by atoms with Crippen molar-refractivity contribution in [2.75, 3.05) is 17.6 Å². The smallest absolute Gasteiger partial charge is 0.253 e. The lowest BCUT2D eigenvalue weighted by molar-refractivity contribution is 0.0785. The van der Waals surface area contributed by atoms with Crippen molar-refractivity contribution < 1.29 is 13.2 Å². The highest BCUT2D eigenvalue weighted by atomic mass is 35.5. The zero-order chi connectivity index (χ0) is 23.5. The molecule has 0 aliphatic heterocycles. The summed E-state index contributed by atoms with van der Waals surface area (Å²) in [6.45, 7) is 4.49. The van der Waals surface area contributed by atoms with Crippen molar-refractivity contribution in [3.8, 4) is 0 Å².